The maximum absolute atomic E-state index is 14.5. The van der Waals surface area contributed by atoms with Crippen molar-refractivity contribution in [1.29, 1.82) is 0 Å². The molecule has 0 spiro atoms. The molecule has 2 amide bonds. The molecule has 3 aromatic rings. The van der Waals surface area contributed by atoms with E-state index >= 15 is 0 Å². The predicted octanol–water partition coefficient (Wildman–Crippen LogP) is 5.15. The molecule has 3 aromatic carbocycles. The first-order valence-corrected chi connectivity index (χ1v) is 28.1. The first-order chi connectivity index (χ1) is 39.9. The number of ether oxygens (including phenoxy) is 14. The fourth-order valence-corrected chi connectivity index (χ4v) is 12.1. The van der Waals surface area contributed by atoms with Crippen LogP contribution >= 0.6 is 0 Å². The van der Waals surface area contributed by atoms with Gasteiger partial charge in [-0.15, -0.1) is 0 Å². The van der Waals surface area contributed by atoms with Crippen LogP contribution in [0.15, 0.2) is 132 Å². The van der Waals surface area contributed by atoms with Crippen LogP contribution in [0.25, 0.3) is 0 Å². The lowest BCUT2D eigenvalue weighted by Crippen LogP contribution is -2.56. The molecule has 11 rings (SSSR count). The highest BCUT2D eigenvalue weighted by Gasteiger charge is 2.60. The third-order valence-electron chi connectivity index (χ3n) is 15.7. The highest BCUT2D eigenvalue weighted by molar-refractivity contribution is 6.06. The smallest absolute Gasteiger partial charge is 0.336 e. The zero-order chi connectivity index (χ0) is 59.6. The summed E-state index contributed by atoms with van der Waals surface area (Å²) in [6, 6.07) is 25.2. The van der Waals surface area contributed by atoms with Crippen molar-refractivity contribution in [2.24, 2.45) is 0 Å². The second-order valence-electron chi connectivity index (χ2n) is 23.7. The van der Waals surface area contributed by atoms with Gasteiger partial charge in [0.1, 0.15) is 97.7 Å². The minimum atomic E-state index is -1.35. The van der Waals surface area contributed by atoms with Gasteiger partial charge in [-0.05, 0) is 115 Å². The third kappa shape index (κ3) is 12.3. The molecule has 4 fully saturated rings. The Balaban J connectivity index is 0.829. The summed E-state index contributed by atoms with van der Waals surface area (Å²) in [5, 5.41) is 29.9. The van der Waals surface area contributed by atoms with E-state index in [1.165, 1.54) is 26.4 Å². The number of aliphatic hydroxyl groups is 2. The molecule has 4 aliphatic heterocycles. The van der Waals surface area contributed by atoms with E-state index in [1.54, 1.807) is 91.8 Å². The molecular weight excluding hydrogens is 1090 g/mol. The SMILES string of the molecule is COC(=O)C1=C[C@H](OCc2ccccc2)[C@@H](O[C@H]2C=C(C(=O)Nc3ccc(NC(=O)C4=C[C@H](O[C@H]5[C@@H]6OC(C)(C)O[C@@H]6C(C(=O)OC)=C[C@@H]5OCc5ccccc5)[C@@H](O)[C@@H]5OC(C)(C)O[C@H]45)cc3)[C@H]3OC(C)(C)O[C@H]3[C@@H]2O)[C@@H]2OC(C)(C)O[C@H]12. The molecular formula is C62H72N2O20. The van der Waals surface area contributed by atoms with Gasteiger partial charge in [0.2, 0.25) is 0 Å². The Morgan fingerprint density at radius 3 is 1.07 bits per heavy atom. The van der Waals surface area contributed by atoms with Crippen LogP contribution in [0.5, 0.6) is 0 Å². The Kier molecular flexibility index (Phi) is 16.6. The number of hydrogen-bond acceptors (Lipinski definition) is 20. The number of hydrogen-bond donors (Lipinski definition) is 4. The van der Waals surface area contributed by atoms with E-state index in [-0.39, 0.29) is 35.5 Å². The van der Waals surface area contributed by atoms with E-state index in [4.69, 9.17) is 66.3 Å². The quantitative estimate of drug-likeness (QED) is 0.135. The molecule has 0 radical (unpaired) electrons. The van der Waals surface area contributed by atoms with Gasteiger partial charge >= 0.3 is 11.9 Å². The van der Waals surface area contributed by atoms with Gasteiger partial charge in [-0.2, -0.15) is 0 Å². The van der Waals surface area contributed by atoms with Crippen molar-refractivity contribution in [3.63, 3.8) is 0 Å². The number of anilines is 2. The lowest BCUT2D eigenvalue weighted by atomic mass is 9.86. The molecule has 4 saturated heterocycles. The fourth-order valence-electron chi connectivity index (χ4n) is 12.1. The number of aliphatic hydroxyl groups excluding tert-OH is 2. The molecule has 22 nitrogen and oxygen atoms in total. The number of amides is 2. The van der Waals surface area contributed by atoms with Crippen molar-refractivity contribution in [2.75, 3.05) is 24.9 Å². The average molecular weight is 1170 g/mol. The maximum atomic E-state index is 14.5. The van der Waals surface area contributed by atoms with Crippen LogP contribution in [0, 0.1) is 0 Å². The summed E-state index contributed by atoms with van der Waals surface area (Å²) in [5.74, 6) is -7.18. The molecule has 4 aliphatic carbocycles. The molecule has 0 aromatic heterocycles. The summed E-state index contributed by atoms with van der Waals surface area (Å²) in [6.07, 6.45) is -10.6. The lowest BCUT2D eigenvalue weighted by Gasteiger charge is -2.41. The monoisotopic (exact) mass is 1160 g/mol. The highest BCUT2D eigenvalue weighted by atomic mass is 16.8. The average Bonchev–Trinajstić information content (AvgIpc) is 1.82. The van der Waals surface area contributed by atoms with Crippen molar-refractivity contribution in [1.82, 2.24) is 0 Å². The summed E-state index contributed by atoms with van der Waals surface area (Å²) in [6.45, 7) is 13.8. The minimum absolute atomic E-state index is 0.107. The zero-order valence-electron chi connectivity index (χ0n) is 48.3. The first kappa shape index (κ1) is 59.7. The maximum Gasteiger partial charge on any atom is 0.336 e. The molecule has 450 valence electrons. The topological polar surface area (TPSA) is 262 Å². The second-order valence-corrected chi connectivity index (χ2v) is 23.7. The van der Waals surface area contributed by atoms with Crippen LogP contribution in [-0.4, -0.2) is 169 Å². The molecule has 22 heteroatoms. The van der Waals surface area contributed by atoms with E-state index in [0.29, 0.717) is 11.4 Å². The number of carbonyl (C=O) groups is 4. The summed E-state index contributed by atoms with van der Waals surface area (Å²) < 4.78 is 87.1. The summed E-state index contributed by atoms with van der Waals surface area (Å²) in [4.78, 5) is 55.5. The van der Waals surface area contributed by atoms with Crippen LogP contribution in [-0.2, 0) is 98.7 Å². The van der Waals surface area contributed by atoms with Gasteiger partial charge in [-0.1, -0.05) is 60.7 Å². The molecule has 16 atom stereocenters. The van der Waals surface area contributed by atoms with Gasteiger partial charge in [0.05, 0.1) is 38.6 Å². The Morgan fingerprint density at radius 1 is 0.429 bits per heavy atom. The molecule has 0 saturated carbocycles. The molecule has 4 N–H and O–H groups in total. The van der Waals surface area contributed by atoms with Gasteiger partial charge in [0, 0.05) is 22.5 Å². The first-order valence-electron chi connectivity index (χ1n) is 28.1. The van der Waals surface area contributed by atoms with Crippen LogP contribution in [0.2, 0.25) is 0 Å². The molecule has 0 unspecified atom stereocenters. The third-order valence-corrected chi connectivity index (χ3v) is 15.7. The van der Waals surface area contributed by atoms with Crippen LogP contribution in [0.4, 0.5) is 11.4 Å². The van der Waals surface area contributed by atoms with Gasteiger partial charge < -0.3 is 87.2 Å². The fraction of sp³-hybridized carbons (Fsp3) is 0.516. The molecule has 84 heavy (non-hydrogen) atoms. The Bertz CT molecular complexity index is 2880. The largest absolute Gasteiger partial charge is 0.466 e. The zero-order valence-corrected chi connectivity index (χ0v) is 48.3. The van der Waals surface area contributed by atoms with E-state index in [9.17, 15) is 29.4 Å². The van der Waals surface area contributed by atoms with Gasteiger partial charge in [0.25, 0.3) is 11.8 Å². The van der Waals surface area contributed by atoms with E-state index < -0.39 is 145 Å². The summed E-state index contributed by atoms with van der Waals surface area (Å²) >= 11 is 0. The van der Waals surface area contributed by atoms with E-state index in [2.05, 4.69) is 10.6 Å². The Morgan fingerprint density at radius 2 is 0.738 bits per heavy atom. The van der Waals surface area contributed by atoms with Gasteiger partial charge in [0.15, 0.2) is 23.1 Å². The number of carbonyl (C=O) groups excluding carboxylic acids is 4. The molecule has 4 heterocycles. The number of nitrogens with one attached hydrogen (secondary N) is 2. The highest BCUT2D eigenvalue weighted by Crippen LogP contribution is 2.46. The molecule has 8 aliphatic rings. The summed E-state index contributed by atoms with van der Waals surface area (Å²) in [7, 11) is 2.55. The number of rotatable bonds is 16. The molecule has 0 bridgehead atoms. The number of methoxy groups -OCH3 is 2. The van der Waals surface area contributed by atoms with Crippen molar-refractivity contribution in [3.05, 3.63) is 143 Å². The second kappa shape index (κ2) is 23.3. The number of benzene rings is 3. The van der Waals surface area contributed by atoms with Crippen LogP contribution in [0.1, 0.15) is 66.5 Å². The van der Waals surface area contributed by atoms with Gasteiger partial charge in [-0.3, -0.25) is 9.59 Å². The van der Waals surface area contributed by atoms with Crippen molar-refractivity contribution in [3.8, 4) is 0 Å². The standard InChI is InChI=1S/C62H72N2O20/c1-59(2)77-45-35(25-39(43(65)51(45)81-59)75-49-41(73-29-31-17-13-11-14-18-31)27-37(57(69)71-9)47-53(49)83-61(5,6)79-47)55(67)63-33-21-23-34(24-22-33)64-56(68)36-26-40(44(66)52-46(36)78-60(3,4)82-52)76-50-42(74-30-32-19-15-12-16-20-32)28-38(58(70)72-10)48-54(50)84-62(7,8)80-48/h11-28,39-54,65-66H,29-30H2,1-10H3,(H,63,67)(H,64,68)/t39-,40-,41-,42-,43+,44+,45+,46+,47+,48+,49+,50+,51-,52-,53+,54+/m0/s1. The van der Waals surface area contributed by atoms with Crippen molar-refractivity contribution in [2.45, 2.75) is 189 Å². The normalized spacial score (nSPS) is 34.7. The number of esters is 2. The van der Waals surface area contributed by atoms with E-state index in [1.807, 2.05) is 60.7 Å². The minimum Gasteiger partial charge on any atom is -0.466 e. The van der Waals surface area contributed by atoms with Crippen LogP contribution < -0.4 is 10.6 Å². The van der Waals surface area contributed by atoms with Crippen molar-refractivity contribution < 1.29 is 95.7 Å². The summed E-state index contributed by atoms with van der Waals surface area (Å²) in [5.41, 5.74) is 2.97. The van der Waals surface area contributed by atoms with Gasteiger partial charge in [-0.25, -0.2) is 9.59 Å². The number of fused-ring (bicyclic) bond motifs is 4. The lowest BCUT2D eigenvalue weighted by molar-refractivity contribution is -0.198. The van der Waals surface area contributed by atoms with E-state index in [0.717, 1.165) is 11.1 Å². The van der Waals surface area contributed by atoms with Crippen LogP contribution in [0.3, 0.4) is 0 Å². The Hall–Kier alpha value is -6.06. The predicted molar refractivity (Wildman–Crippen MR) is 295 cm³/mol. The Labute approximate surface area is 486 Å². The van der Waals surface area contributed by atoms with Crippen molar-refractivity contribution >= 4 is 35.1 Å².